The second-order valence-electron chi connectivity index (χ2n) is 5.44. The van der Waals surface area contributed by atoms with Gasteiger partial charge in [0.2, 0.25) is 0 Å². The van der Waals surface area contributed by atoms with Gasteiger partial charge >= 0.3 is 0 Å². The van der Waals surface area contributed by atoms with Crippen LogP contribution in [-0.4, -0.2) is 31.1 Å². The first-order valence-corrected chi connectivity index (χ1v) is 8.38. The fourth-order valence-electron chi connectivity index (χ4n) is 2.89. The highest BCUT2D eigenvalue weighted by Gasteiger charge is 2.24. The van der Waals surface area contributed by atoms with Crippen LogP contribution >= 0.6 is 23.2 Å². The molecule has 2 rings (SSSR count). The summed E-state index contributed by atoms with van der Waals surface area (Å²) < 4.78 is 0. The largest absolute Gasteiger partial charge is 0.314 e. The van der Waals surface area contributed by atoms with Gasteiger partial charge in [-0.3, -0.25) is 4.90 Å². The molecule has 20 heavy (non-hydrogen) atoms. The Kier molecular flexibility index (Phi) is 6.63. The van der Waals surface area contributed by atoms with E-state index in [4.69, 9.17) is 23.2 Å². The van der Waals surface area contributed by atoms with Gasteiger partial charge in [0.15, 0.2) is 0 Å². The number of halogens is 2. The molecule has 112 valence electrons. The van der Waals surface area contributed by atoms with Crippen molar-refractivity contribution in [3.05, 3.63) is 33.8 Å². The zero-order chi connectivity index (χ0) is 14.4. The summed E-state index contributed by atoms with van der Waals surface area (Å²) in [6.07, 6.45) is 4.93. The molecule has 0 bridgehead atoms. The zero-order valence-corrected chi connectivity index (χ0v) is 13.7. The predicted molar refractivity (Wildman–Crippen MR) is 87.8 cm³/mol. The molecule has 1 atom stereocenters. The number of piperazine rings is 1. The molecule has 1 aliphatic heterocycles. The van der Waals surface area contributed by atoms with Crippen molar-refractivity contribution in [2.24, 2.45) is 0 Å². The van der Waals surface area contributed by atoms with E-state index >= 15 is 0 Å². The third kappa shape index (κ3) is 4.11. The average molecular weight is 315 g/mol. The molecule has 0 aromatic heterocycles. The highest BCUT2D eigenvalue weighted by Crippen LogP contribution is 2.35. The van der Waals surface area contributed by atoms with Gasteiger partial charge in [-0.25, -0.2) is 0 Å². The van der Waals surface area contributed by atoms with E-state index in [2.05, 4.69) is 23.2 Å². The lowest BCUT2D eigenvalue weighted by atomic mass is 9.98. The number of hydrogen-bond acceptors (Lipinski definition) is 2. The molecule has 2 nitrogen and oxygen atoms in total. The minimum Gasteiger partial charge on any atom is -0.314 e. The van der Waals surface area contributed by atoms with Crippen LogP contribution in [0.25, 0.3) is 0 Å². The number of unbranched alkanes of at least 4 members (excludes halogenated alkanes) is 2. The van der Waals surface area contributed by atoms with Crippen molar-refractivity contribution in [3.8, 4) is 0 Å². The SMILES string of the molecule is CCCCC[C@H](c1cccc(Cl)c1Cl)N1CCNCC1. The lowest BCUT2D eigenvalue weighted by Gasteiger charge is -2.36. The summed E-state index contributed by atoms with van der Waals surface area (Å²) in [7, 11) is 0. The van der Waals surface area contributed by atoms with Gasteiger partial charge in [0.25, 0.3) is 0 Å². The normalized spacial score (nSPS) is 18.1. The number of benzene rings is 1. The Hall–Kier alpha value is -0.280. The van der Waals surface area contributed by atoms with Crippen LogP contribution in [0.1, 0.15) is 44.2 Å². The Balaban J connectivity index is 2.17. The molecule has 0 radical (unpaired) electrons. The summed E-state index contributed by atoms with van der Waals surface area (Å²) in [5.41, 5.74) is 1.19. The summed E-state index contributed by atoms with van der Waals surface area (Å²) in [5.74, 6) is 0. The number of nitrogens with zero attached hydrogens (tertiary/aromatic N) is 1. The van der Waals surface area contributed by atoms with E-state index in [9.17, 15) is 0 Å². The molecule has 0 spiro atoms. The Bertz CT molecular complexity index is 417. The van der Waals surface area contributed by atoms with Crippen molar-refractivity contribution in [3.63, 3.8) is 0 Å². The van der Waals surface area contributed by atoms with Crippen LogP contribution < -0.4 is 5.32 Å². The summed E-state index contributed by atoms with van der Waals surface area (Å²) in [5, 5.41) is 4.81. The summed E-state index contributed by atoms with van der Waals surface area (Å²) in [4.78, 5) is 2.55. The van der Waals surface area contributed by atoms with Crippen molar-refractivity contribution in [2.75, 3.05) is 26.2 Å². The number of hydrogen-bond donors (Lipinski definition) is 1. The van der Waals surface area contributed by atoms with Crippen LogP contribution in [0.4, 0.5) is 0 Å². The maximum Gasteiger partial charge on any atom is 0.0640 e. The minimum absolute atomic E-state index is 0.398. The standard InChI is InChI=1S/C16H24Cl2N2/c1-2-3-4-8-15(20-11-9-19-10-12-20)13-6-5-7-14(17)16(13)18/h5-7,15,19H,2-4,8-12H2,1H3/t15-/m1/s1. The van der Waals surface area contributed by atoms with Gasteiger partial charge in [-0.2, -0.15) is 0 Å². The fraction of sp³-hybridized carbons (Fsp3) is 0.625. The molecule has 1 heterocycles. The van der Waals surface area contributed by atoms with Gasteiger partial charge in [0.05, 0.1) is 10.0 Å². The topological polar surface area (TPSA) is 15.3 Å². The van der Waals surface area contributed by atoms with Crippen LogP contribution in [0.5, 0.6) is 0 Å². The van der Waals surface area contributed by atoms with E-state index in [1.54, 1.807) is 0 Å². The van der Waals surface area contributed by atoms with Gasteiger partial charge in [0.1, 0.15) is 0 Å². The Labute approximate surface area is 132 Å². The molecule has 0 aliphatic carbocycles. The van der Waals surface area contributed by atoms with Gasteiger partial charge in [0, 0.05) is 32.2 Å². The quantitative estimate of drug-likeness (QED) is 0.777. The van der Waals surface area contributed by atoms with Gasteiger partial charge in [-0.05, 0) is 18.1 Å². The summed E-state index contributed by atoms with van der Waals surface area (Å²) >= 11 is 12.6. The lowest BCUT2D eigenvalue weighted by molar-refractivity contribution is 0.163. The Morgan fingerprint density at radius 3 is 2.65 bits per heavy atom. The number of nitrogens with one attached hydrogen (secondary N) is 1. The smallest absolute Gasteiger partial charge is 0.0640 e. The van der Waals surface area contributed by atoms with Crippen molar-refractivity contribution in [1.82, 2.24) is 10.2 Å². The minimum atomic E-state index is 0.398. The first-order valence-electron chi connectivity index (χ1n) is 7.62. The maximum atomic E-state index is 6.45. The van der Waals surface area contributed by atoms with Crippen LogP contribution in [0.2, 0.25) is 10.0 Å². The van der Waals surface area contributed by atoms with Crippen LogP contribution in [-0.2, 0) is 0 Å². The zero-order valence-electron chi connectivity index (χ0n) is 12.2. The average Bonchev–Trinajstić information content (AvgIpc) is 2.48. The van der Waals surface area contributed by atoms with Crippen molar-refractivity contribution < 1.29 is 0 Å². The van der Waals surface area contributed by atoms with E-state index in [1.165, 1.54) is 24.8 Å². The highest BCUT2D eigenvalue weighted by molar-refractivity contribution is 6.42. The van der Waals surface area contributed by atoms with Gasteiger partial charge < -0.3 is 5.32 Å². The second kappa shape index (κ2) is 8.23. The van der Waals surface area contributed by atoms with E-state index in [0.29, 0.717) is 11.1 Å². The van der Waals surface area contributed by atoms with Gasteiger partial charge in [-0.1, -0.05) is 61.5 Å². The van der Waals surface area contributed by atoms with E-state index < -0.39 is 0 Å². The molecule has 1 fully saturated rings. The lowest BCUT2D eigenvalue weighted by Crippen LogP contribution is -2.45. The molecule has 4 heteroatoms. The van der Waals surface area contributed by atoms with Crippen LogP contribution in [0, 0.1) is 0 Å². The molecule has 1 saturated heterocycles. The van der Waals surface area contributed by atoms with Gasteiger partial charge in [-0.15, -0.1) is 0 Å². The first kappa shape index (κ1) is 16.1. The van der Waals surface area contributed by atoms with E-state index in [0.717, 1.165) is 37.6 Å². The predicted octanol–water partition coefficient (Wildman–Crippen LogP) is 4.52. The van der Waals surface area contributed by atoms with Crippen molar-refractivity contribution in [1.29, 1.82) is 0 Å². The van der Waals surface area contributed by atoms with Crippen LogP contribution in [0.15, 0.2) is 18.2 Å². The highest BCUT2D eigenvalue weighted by atomic mass is 35.5. The third-order valence-electron chi connectivity index (χ3n) is 4.01. The molecule has 0 saturated carbocycles. The molecular formula is C16H24Cl2N2. The van der Waals surface area contributed by atoms with E-state index in [1.807, 2.05) is 12.1 Å². The fourth-order valence-corrected chi connectivity index (χ4v) is 3.33. The van der Waals surface area contributed by atoms with Crippen molar-refractivity contribution in [2.45, 2.75) is 38.6 Å². The number of rotatable bonds is 6. The molecule has 1 aromatic rings. The molecule has 1 aromatic carbocycles. The third-order valence-corrected chi connectivity index (χ3v) is 4.85. The van der Waals surface area contributed by atoms with E-state index in [-0.39, 0.29) is 0 Å². The monoisotopic (exact) mass is 314 g/mol. The maximum absolute atomic E-state index is 6.45. The Morgan fingerprint density at radius 2 is 1.95 bits per heavy atom. The molecule has 0 amide bonds. The van der Waals surface area contributed by atoms with Crippen molar-refractivity contribution >= 4 is 23.2 Å². The summed E-state index contributed by atoms with van der Waals surface area (Å²) in [6.45, 7) is 6.52. The molecule has 1 N–H and O–H groups in total. The second-order valence-corrected chi connectivity index (χ2v) is 6.23. The molecule has 1 aliphatic rings. The van der Waals surface area contributed by atoms with Crippen LogP contribution in [0.3, 0.4) is 0 Å². The Morgan fingerprint density at radius 1 is 1.20 bits per heavy atom. The first-order chi connectivity index (χ1) is 9.74. The molecular weight excluding hydrogens is 291 g/mol. The summed E-state index contributed by atoms with van der Waals surface area (Å²) in [6, 6.07) is 6.41. The molecule has 0 unspecified atom stereocenters.